The molecule has 0 aliphatic carbocycles. The smallest absolute Gasteiger partial charge is 0.261 e. The summed E-state index contributed by atoms with van der Waals surface area (Å²) in [7, 11) is 0. The Kier molecular flexibility index (Phi) is 5.18. The first-order valence-electron chi connectivity index (χ1n) is 5.93. The molecule has 0 aromatic carbocycles. The van der Waals surface area contributed by atoms with Crippen LogP contribution in [0.5, 0.6) is 0 Å². The molecule has 2 aromatic heterocycles. The van der Waals surface area contributed by atoms with Crippen LogP contribution in [0.25, 0.3) is 0 Å². The number of nitrogens with zero attached hydrogens (tertiary/aromatic N) is 1. The molecule has 4 nitrogen and oxygen atoms in total. The second kappa shape index (κ2) is 7.11. The second-order valence-electron chi connectivity index (χ2n) is 3.88. The Balaban J connectivity index is 1.64. The SMILES string of the molecule is O=C(NCCCNc1ccnc(Cl)c1)c1cccs1. The molecule has 1 amide bonds. The van der Waals surface area contributed by atoms with Crippen LogP contribution in [0.3, 0.4) is 0 Å². The van der Waals surface area contributed by atoms with Gasteiger partial charge in [0.1, 0.15) is 5.15 Å². The molecule has 0 bridgehead atoms. The van der Waals surface area contributed by atoms with Crippen LogP contribution in [-0.4, -0.2) is 24.0 Å². The van der Waals surface area contributed by atoms with E-state index in [4.69, 9.17) is 11.6 Å². The Bertz CT molecular complexity index is 530. The molecule has 0 saturated heterocycles. The van der Waals surface area contributed by atoms with Gasteiger partial charge in [0.2, 0.25) is 0 Å². The van der Waals surface area contributed by atoms with Crippen molar-refractivity contribution in [1.29, 1.82) is 0 Å². The molecule has 19 heavy (non-hydrogen) atoms. The van der Waals surface area contributed by atoms with Crippen LogP contribution >= 0.6 is 22.9 Å². The van der Waals surface area contributed by atoms with E-state index in [1.165, 1.54) is 11.3 Å². The fourth-order valence-corrected chi connectivity index (χ4v) is 2.34. The molecule has 0 radical (unpaired) electrons. The molecule has 100 valence electrons. The second-order valence-corrected chi connectivity index (χ2v) is 5.22. The van der Waals surface area contributed by atoms with Crippen molar-refractivity contribution in [2.75, 3.05) is 18.4 Å². The maximum Gasteiger partial charge on any atom is 0.261 e. The normalized spacial score (nSPS) is 10.2. The summed E-state index contributed by atoms with van der Waals surface area (Å²) < 4.78 is 0. The summed E-state index contributed by atoms with van der Waals surface area (Å²) in [6, 6.07) is 7.31. The Labute approximate surface area is 120 Å². The van der Waals surface area contributed by atoms with Gasteiger partial charge in [-0.15, -0.1) is 11.3 Å². The highest BCUT2D eigenvalue weighted by atomic mass is 35.5. The number of hydrogen-bond donors (Lipinski definition) is 2. The largest absolute Gasteiger partial charge is 0.385 e. The predicted molar refractivity (Wildman–Crippen MR) is 79.0 cm³/mol. The lowest BCUT2D eigenvalue weighted by molar-refractivity contribution is 0.0957. The average molecular weight is 296 g/mol. The number of rotatable bonds is 6. The first kappa shape index (κ1) is 13.8. The molecule has 2 N–H and O–H groups in total. The van der Waals surface area contributed by atoms with Crippen molar-refractivity contribution in [3.05, 3.63) is 45.9 Å². The van der Waals surface area contributed by atoms with E-state index >= 15 is 0 Å². The highest BCUT2D eigenvalue weighted by molar-refractivity contribution is 7.12. The van der Waals surface area contributed by atoms with Gasteiger partial charge in [-0.05, 0) is 30.0 Å². The molecule has 2 aromatic rings. The topological polar surface area (TPSA) is 54.0 Å². The van der Waals surface area contributed by atoms with E-state index in [-0.39, 0.29) is 5.91 Å². The van der Waals surface area contributed by atoms with Crippen LogP contribution in [0.15, 0.2) is 35.8 Å². The molecule has 0 aliphatic heterocycles. The molecule has 2 heterocycles. The number of nitrogens with one attached hydrogen (secondary N) is 2. The monoisotopic (exact) mass is 295 g/mol. The minimum absolute atomic E-state index is 0.0121. The summed E-state index contributed by atoms with van der Waals surface area (Å²) in [5, 5.41) is 8.46. The molecule has 6 heteroatoms. The standard InChI is InChI=1S/C13H14ClN3OS/c14-12-9-10(4-7-16-12)15-5-2-6-17-13(18)11-3-1-8-19-11/h1,3-4,7-9H,2,5-6H2,(H,15,16)(H,17,18). The van der Waals surface area contributed by atoms with E-state index in [0.29, 0.717) is 11.7 Å². The molecule has 2 rings (SSSR count). The van der Waals surface area contributed by atoms with Gasteiger partial charge >= 0.3 is 0 Å². The first-order chi connectivity index (χ1) is 9.25. The zero-order valence-corrected chi connectivity index (χ0v) is 11.8. The number of thiophene rings is 1. The lowest BCUT2D eigenvalue weighted by Crippen LogP contribution is -2.25. The van der Waals surface area contributed by atoms with Gasteiger partial charge in [0.05, 0.1) is 4.88 Å². The van der Waals surface area contributed by atoms with Crippen molar-refractivity contribution in [2.24, 2.45) is 0 Å². The van der Waals surface area contributed by atoms with E-state index in [1.54, 1.807) is 12.3 Å². The molecular formula is C13H14ClN3OS. The van der Waals surface area contributed by atoms with Crippen LogP contribution in [0, 0.1) is 0 Å². The third-order valence-corrected chi connectivity index (χ3v) is 3.52. The maximum absolute atomic E-state index is 11.6. The number of halogens is 1. The van der Waals surface area contributed by atoms with Gasteiger partial charge in [-0.2, -0.15) is 0 Å². The number of hydrogen-bond acceptors (Lipinski definition) is 4. The summed E-state index contributed by atoms with van der Waals surface area (Å²) in [5.74, 6) is -0.0121. The first-order valence-corrected chi connectivity index (χ1v) is 7.18. The maximum atomic E-state index is 11.6. The highest BCUT2D eigenvalue weighted by Crippen LogP contribution is 2.11. The van der Waals surface area contributed by atoms with Crippen molar-refractivity contribution >= 4 is 34.5 Å². The van der Waals surface area contributed by atoms with Crippen LogP contribution in [0.1, 0.15) is 16.1 Å². The lowest BCUT2D eigenvalue weighted by atomic mass is 10.3. The lowest BCUT2D eigenvalue weighted by Gasteiger charge is -2.07. The minimum atomic E-state index is -0.0121. The van der Waals surface area contributed by atoms with Gasteiger partial charge < -0.3 is 10.6 Å². The molecule has 0 atom stereocenters. The summed E-state index contributed by atoms with van der Waals surface area (Å²) in [6.07, 6.45) is 2.50. The van der Waals surface area contributed by atoms with Crippen LogP contribution in [0.2, 0.25) is 5.15 Å². The number of amides is 1. The van der Waals surface area contributed by atoms with E-state index < -0.39 is 0 Å². The number of carbonyl (C=O) groups is 1. The van der Waals surface area contributed by atoms with Gasteiger partial charge in [0.25, 0.3) is 5.91 Å². The molecule has 0 unspecified atom stereocenters. The quantitative estimate of drug-likeness (QED) is 0.636. The van der Waals surface area contributed by atoms with Gasteiger partial charge in [0.15, 0.2) is 0 Å². The Hall–Kier alpha value is -1.59. The zero-order chi connectivity index (χ0) is 13.5. The van der Waals surface area contributed by atoms with Crippen LogP contribution in [-0.2, 0) is 0 Å². The van der Waals surface area contributed by atoms with E-state index in [0.717, 1.165) is 23.5 Å². The van der Waals surface area contributed by atoms with Crippen molar-refractivity contribution in [3.63, 3.8) is 0 Å². The number of aromatic nitrogens is 1. The molecule has 0 saturated carbocycles. The van der Waals surface area contributed by atoms with Crippen molar-refractivity contribution in [1.82, 2.24) is 10.3 Å². The Morgan fingerprint density at radius 3 is 3.00 bits per heavy atom. The molecule has 0 spiro atoms. The summed E-state index contributed by atoms with van der Waals surface area (Å²) in [4.78, 5) is 16.3. The fraction of sp³-hybridized carbons (Fsp3) is 0.231. The fourth-order valence-electron chi connectivity index (χ4n) is 1.53. The van der Waals surface area contributed by atoms with Crippen molar-refractivity contribution in [2.45, 2.75) is 6.42 Å². The zero-order valence-electron chi connectivity index (χ0n) is 10.2. The summed E-state index contributed by atoms with van der Waals surface area (Å²) in [5.41, 5.74) is 0.935. The third-order valence-electron chi connectivity index (χ3n) is 2.44. The minimum Gasteiger partial charge on any atom is -0.385 e. The molecular weight excluding hydrogens is 282 g/mol. The van der Waals surface area contributed by atoms with Gasteiger partial charge in [0, 0.05) is 25.0 Å². The van der Waals surface area contributed by atoms with Crippen LogP contribution < -0.4 is 10.6 Å². The van der Waals surface area contributed by atoms with Gasteiger partial charge in [-0.1, -0.05) is 17.7 Å². The van der Waals surface area contributed by atoms with Gasteiger partial charge in [-0.25, -0.2) is 4.98 Å². The number of anilines is 1. The molecule has 0 aliphatic rings. The molecule has 0 fully saturated rings. The predicted octanol–water partition coefficient (Wildman–Crippen LogP) is 3.03. The summed E-state index contributed by atoms with van der Waals surface area (Å²) >= 11 is 7.22. The van der Waals surface area contributed by atoms with Gasteiger partial charge in [-0.3, -0.25) is 4.79 Å². The summed E-state index contributed by atoms with van der Waals surface area (Å²) in [6.45, 7) is 1.41. The van der Waals surface area contributed by atoms with Crippen molar-refractivity contribution in [3.8, 4) is 0 Å². The van der Waals surface area contributed by atoms with Crippen LogP contribution in [0.4, 0.5) is 5.69 Å². The number of carbonyl (C=O) groups excluding carboxylic acids is 1. The Morgan fingerprint density at radius 2 is 2.26 bits per heavy atom. The highest BCUT2D eigenvalue weighted by Gasteiger charge is 2.04. The van der Waals surface area contributed by atoms with E-state index in [1.807, 2.05) is 23.6 Å². The number of pyridine rings is 1. The average Bonchev–Trinajstić information content (AvgIpc) is 2.92. The van der Waals surface area contributed by atoms with E-state index in [2.05, 4.69) is 15.6 Å². The third kappa shape index (κ3) is 4.54. The Morgan fingerprint density at radius 1 is 1.37 bits per heavy atom. The van der Waals surface area contributed by atoms with E-state index in [9.17, 15) is 4.79 Å². The van der Waals surface area contributed by atoms with Crippen molar-refractivity contribution < 1.29 is 4.79 Å².